The molecule has 3 N–H and O–H groups in total. The third-order valence-electron chi connectivity index (χ3n) is 3.51. The van der Waals surface area contributed by atoms with Crippen molar-refractivity contribution in [3.63, 3.8) is 0 Å². The molecule has 0 spiro atoms. The fraction of sp³-hybridized carbons (Fsp3) is 0.118. The van der Waals surface area contributed by atoms with E-state index in [1.807, 2.05) is 0 Å². The number of pyridine rings is 1. The topological polar surface area (TPSA) is 143 Å². The fourth-order valence-corrected chi connectivity index (χ4v) is 2.27. The Morgan fingerprint density at radius 3 is 2.78 bits per heavy atom. The van der Waals surface area contributed by atoms with E-state index in [2.05, 4.69) is 36.2 Å². The molecule has 0 saturated heterocycles. The zero-order valence-corrected chi connectivity index (χ0v) is 14.0. The van der Waals surface area contributed by atoms with Gasteiger partial charge in [0, 0.05) is 24.2 Å². The third kappa shape index (κ3) is 4.78. The Hall–Kier alpha value is -3.95. The molecule has 10 nitrogen and oxygen atoms in total. The number of hydrogen-bond acceptors (Lipinski definition) is 7. The van der Waals surface area contributed by atoms with Gasteiger partial charge in [0.2, 0.25) is 11.7 Å². The first kappa shape index (κ1) is 17.9. The number of benzene rings is 1. The van der Waals surface area contributed by atoms with Gasteiger partial charge in [0.15, 0.2) is 6.29 Å². The molecule has 2 aromatic heterocycles. The van der Waals surface area contributed by atoms with Gasteiger partial charge in [-0.1, -0.05) is 18.2 Å². The first-order valence-corrected chi connectivity index (χ1v) is 8.00. The van der Waals surface area contributed by atoms with E-state index in [4.69, 9.17) is 0 Å². The first-order valence-electron chi connectivity index (χ1n) is 8.00. The zero-order chi connectivity index (χ0) is 19.1. The predicted octanol–water partition coefficient (Wildman–Crippen LogP) is 0.833. The van der Waals surface area contributed by atoms with Crippen molar-refractivity contribution < 1.29 is 14.4 Å². The number of anilines is 1. The van der Waals surface area contributed by atoms with Crippen LogP contribution in [0, 0.1) is 0 Å². The number of hydrogen-bond donors (Lipinski definition) is 3. The molecule has 10 heteroatoms. The molecule has 2 amide bonds. The van der Waals surface area contributed by atoms with Crippen molar-refractivity contribution >= 4 is 23.8 Å². The van der Waals surface area contributed by atoms with Crippen LogP contribution in [0.15, 0.2) is 42.5 Å². The number of H-pyrrole nitrogens is 1. The summed E-state index contributed by atoms with van der Waals surface area (Å²) in [4.78, 5) is 38.6. The van der Waals surface area contributed by atoms with Gasteiger partial charge in [0.25, 0.3) is 5.91 Å². The lowest BCUT2D eigenvalue weighted by Gasteiger charge is -2.07. The molecular weight excluding hydrogens is 350 g/mol. The highest BCUT2D eigenvalue weighted by Gasteiger charge is 2.10. The number of nitrogens with one attached hydrogen (secondary N) is 3. The van der Waals surface area contributed by atoms with Crippen LogP contribution in [-0.2, 0) is 4.79 Å². The van der Waals surface area contributed by atoms with Crippen LogP contribution in [-0.4, -0.2) is 50.3 Å². The molecule has 0 radical (unpaired) electrons. The van der Waals surface area contributed by atoms with E-state index in [1.165, 1.54) is 12.1 Å². The van der Waals surface area contributed by atoms with Crippen molar-refractivity contribution in [2.24, 2.45) is 0 Å². The molecule has 3 aromatic rings. The molecule has 0 saturated carbocycles. The molecule has 0 bridgehead atoms. The van der Waals surface area contributed by atoms with Crippen LogP contribution in [0.3, 0.4) is 0 Å². The van der Waals surface area contributed by atoms with Crippen LogP contribution in [0.25, 0.3) is 11.4 Å². The summed E-state index contributed by atoms with van der Waals surface area (Å²) in [6.45, 7) is 0.127. The number of aldehydes is 1. The lowest BCUT2D eigenvalue weighted by molar-refractivity contribution is -0.116. The van der Waals surface area contributed by atoms with Gasteiger partial charge in [-0.15, -0.1) is 10.2 Å². The second kappa shape index (κ2) is 8.43. The minimum absolute atomic E-state index is 0.0749. The molecule has 0 fully saturated rings. The summed E-state index contributed by atoms with van der Waals surface area (Å²) >= 11 is 0. The van der Waals surface area contributed by atoms with E-state index in [9.17, 15) is 14.4 Å². The monoisotopic (exact) mass is 365 g/mol. The number of tetrazole rings is 1. The number of rotatable bonds is 7. The maximum Gasteiger partial charge on any atom is 0.269 e. The molecule has 136 valence electrons. The first-order chi connectivity index (χ1) is 13.2. The van der Waals surface area contributed by atoms with Gasteiger partial charge in [0.05, 0.1) is 0 Å². The quantitative estimate of drug-likeness (QED) is 0.526. The Balaban J connectivity index is 1.50. The van der Waals surface area contributed by atoms with Crippen LogP contribution in [0.5, 0.6) is 0 Å². The summed E-state index contributed by atoms with van der Waals surface area (Å²) in [5.74, 6) is -0.302. The summed E-state index contributed by atoms with van der Waals surface area (Å²) in [6.07, 6.45) is 0.637. The van der Waals surface area contributed by atoms with Gasteiger partial charge in [-0.2, -0.15) is 5.21 Å². The second-order valence-electron chi connectivity index (χ2n) is 5.44. The molecule has 0 aliphatic rings. The van der Waals surface area contributed by atoms with E-state index < -0.39 is 5.91 Å². The van der Waals surface area contributed by atoms with Crippen LogP contribution in [0.1, 0.15) is 27.4 Å². The van der Waals surface area contributed by atoms with E-state index >= 15 is 0 Å². The summed E-state index contributed by atoms with van der Waals surface area (Å²) in [6, 6.07) is 11.6. The Labute approximate surface area is 153 Å². The Bertz CT molecular complexity index is 957. The minimum atomic E-state index is -0.453. The number of aromatic nitrogens is 5. The Morgan fingerprint density at radius 2 is 2.00 bits per heavy atom. The van der Waals surface area contributed by atoms with Crippen molar-refractivity contribution in [3.05, 3.63) is 53.9 Å². The zero-order valence-electron chi connectivity index (χ0n) is 14.0. The lowest BCUT2D eigenvalue weighted by atomic mass is 10.2. The average molecular weight is 365 g/mol. The summed E-state index contributed by atoms with van der Waals surface area (Å²) in [5, 5.41) is 19.0. The van der Waals surface area contributed by atoms with Crippen molar-refractivity contribution in [3.8, 4) is 11.4 Å². The van der Waals surface area contributed by atoms with E-state index in [0.29, 0.717) is 23.4 Å². The molecule has 0 atom stereocenters. The molecule has 0 aliphatic heterocycles. The van der Waals surface area contributed by atoms with Gasteiger partial charge in [-0.05, 0) is 29.5 Å². The summed E-state index contributed by atoms with van der Waals surface area (Å²) in [7, 11) is 0. The van der Waals surface area contributed by atoms with E-state index in [0.717, 1.165) is 0 Å². The number of nitrogens with zero attached hydrogens (tertiary/aromatic N) is 4. The van der Waals surface area contributed by atoms with Crippen molar-refractivity contribution in [1.82, 2.24) is 30.9 Å². The molecule has 0 aliphatic carbocycles. The molecular formula is C17H15N7O3. The largest absolute Gasteiger partial charge is 0.350 e. The van der Waals surface area contributed by atoms with E-state index in [-0.39, 0.29) is 30.3 Å². The minimum Gasteiger partial charge on any atom is -0.350 e. The van der Waals surface area contributed by atoms with Gasteiger partial charge in [-0.3, -0.25) is 14.4 Å². The molecule has 0 unspecified atom stereocenters. The van der Waals surface area contributed by atoms with Crippen LogP contribution >= 0.6 is 0 Å². The Morgan fingerprint density at radius 1 is 1.15 bits per heavy atom. The number of carbonyl (C=O) groups is 3. The average Bonchev–Trinajstić information content (AvgIpc) is 3.23. The SMILES string of the molecule is O=Cc1cccc(C(=O)NCCC(=O)Nc2cccc(-c3nn[nH]n3)c2)n1. The normalized spacial score (nSPS) is 10.2. The Kier molecular flexibility index (Phi) is 5.57. The molecule has 3 rings (SSSR count). The predicted molar refractivity (Wildman–Crippen MR) is 94.8 cm³/mol. The molecule has 27 heavy (non-hydrogen) atoms. The van der Waals surface area contributed by atoms with Gasteiger partial charge < -0.3 is 10.6 Å². The van der Waals surface area contributed by atoms with Crippen molar-refractivity contribution in [2.45, 2.75) is 6.42 Å². The number of aromatic amines is 1. The standard InChI is InChI=1S/C17H15N7O3/c25-10-13-5-2-6-14(19-13)17(27)18-8-7-15(26)20-12-4-1-3-11(9-12)16-21-23-24-22-16/h1-6,9-10H,7-8H2,(H,18,27)(H,20,26)(H,21,22,23,24). The van der Waals surface area contributed by atoms with Crippen molar-refractivity contribution in [2.75, 3.05) is 11.9 Å². The highest BCUT2D eigenvalue weighted by Crippen LogP contribution is 2.18. The smallest absolute Gasteiger partial charge is 0.269 e. The van der Waals surface area contributed by atoms with Gasteiger partial charge in [-0.25, -0.2) is 4.98 Å². The molecule has 1 aromatic carbocycles. The number of amides is 2. The highest BCUT2D eigenvalue weighted by atomic mass is 16.2. The maximum atomic E-state index is 12.1. The highest BCUT2D eigenvalue weighted by molar-refractivity contribution is 5.94. The fourth-order valence-electron chi connectivity index (χ4n) is 2.27. The third-order valence-corrected chi connectivity index (χ3v) is 3.51. The van der Waals surface area contributed by atoms with Gasteiger partial charge in [0.1, 0.15) is 11.4 Å². The lowest BCUT2D eigenvalue weighted by Crippen LogP contribution is -2.28. The van der Waals surface area contributed by atoms with Crippen molar-refractivity contribution in [1.29, 1.82) is 0 Å². The molecule has 2 heterocycles. The maximum absolute atomic E-state index is 12.1. The van der Waals surface area contributed by atoms with Crippen LogP contribution in [0.4, 0.5) is 5.69 Å². The number of carbonyl (C=O) groups excluding carboxylic acids is 3. The van der Waals surface area contributed by atoms with Crippen LogP contribution in [0.2, 0.25) is 0 Å². The van der Waals surface area contributed by atoms with Crippen LogP contribution < -0.4 is 10.6 Å². The summed E-state index contributed by atoms with van der Waals surface area (Å²) in [5.41, 5.74) is 1.57. The van der Waals surface area contributed by atoms with Gasteiger partial charge >= 0.3 is 0 Å². The second-order valence-corrected chi connectivity index (χ2v) is 5.44. The summed E-state index contributed by atoms with van der Waals surface area (Å²) < 4.78 is 0. The van der Waals surface area contributed by atoms with E-state index in [1.54, 1.807) is 30.3 Å².